The molecule has 1 fully saturated rings. The molecule has 1 aromatic heterocycles. The number of ether oxygens (including phenoxy) is 1. The van der Waals surface area contributed by atoms with Gasteiger partial charge in [0.15, 0.2) is 5.82 Å². The summed E-state index contributed by atoms with van der Waals surface area (Å²) in [5.41, 5.74) is 6.57. The van der Waals surface area contributed by atoms with E-state index in [0.717, 1.165) is 32.0 Å². The fraction of sp³-hybridized carbons (Fsp3) is 0.545. The zero-order valence-corrected chi connectivity index (χ0v) is 10.1. The summed E-state index contributed by atoms with van der Waals surface area (Å²) in [6.45, 7) is 4.43. The molecule has 0 saturated carbocycles. The van der Waals surface area contributed by atoms with E-state index in [-0.39, 0.29) is 0 Å². The molecule has 2 heterocycles. The zero-order valence-electron chi connectivity index (χ0n) is 9.32. The molecule has 1 aromatic rings. The molecular weight excluding hydrogens is 226 g/mol. The molecule has 5 heteroatoms. The van der Waals surface area contributed by atoms with Gasteiger partial charge in [0.1, 0.15) is 0 Å². The lowest BCUT2D eigenvalue weighted by Gasteiger charge is -2.36. The summed E-state index contributed by atoms with van der Waals surface area (Å²) in [7, 11) is 0. The van der Waals surface area contributed by atoms with E-state index in [9.17, 15) is 0 Å². The van der Waals surface area contributed by atoms with Gasteiger partial charge < -0.3 is 15.4 Å². The Hall–Kier alpha value is -1.00. The predicted octanol–water partition coefficient (Wildman–Crippen LogP) is 1.93. The molecule has 0 amide bonds. The van der Waals surface area contributed by atoms with Crippen LogP contribution in [0.1, 0.15) is 13.3 Å². The van der Waals surface area contributed by atoms with Gasteiger partial charge >= 0.3 is 0 Å². The maximum Gasteiger partial charge on any atom is 0.152 e. The van der Waals surface area contributed by atoms with Crippen LogP contribution in [0, 0.1) is 0 Å². The SMILES string of the molecule is CCC1COCCN1c1ncc(Cl)cc1N. The Morgan fingerprint density at radius 1 is 1.69 bits per heavy atom. The first-order valence-electron chi connectivity index (χ1n) is 5.47. The Labute approximate surface area is 100 Å². The summed E-state index contributed by atoms with van der Waals surface area (Å²) in [6.07, 6.45) is 2.65. The van der Waals surface area contributed by atoms with Gasteiger partial charge in [-0.3, -0.25) is 0 Å². The molecule has 2 rings (SSSR count). The minimum Gasteiger partial charge on any atom is -0.396 e. The number of anilines is 2. The van der Waals surface area contributed by atoms with Gasteiger partial charge in [-0.2, -0.15) is 0 Å². The average Bonchev–Trinajstić information content (AvgIpc) is 2.29. The molecule has 0 spiro atoms. The molecule has 2 N–H and O–H groups in total. The molecule has 0 bridgehead atoms. The molecule has 1 aliphatic rings. The summed E-state index contributed by atoms with van der Waals surface area (Å²) in [5, 5.41) is 0.572. The van der Waals surface area contributed by atoms with Gasteiger partial charge in [0.2, 0.25) is 0 Å². The summed E-state index contributed by atoms with van der Waals surface area (Å²) in [4.78, 5) is 6.52. The fourth-order valence-corrected chi connectivity index (χ4v) is 2.13. The topological polar surface area (TPSA) is 51.4 Å². The van der Waals surface area contributed by atoms with Crippen molar-refractivity contribution in [3.05, 3.63) is 17.3 Å². The van der Waals surface area contributed by atoms with Crippen LogP contribution in [-0.2, 0) is 4.74 Å². The lowest BCUT2D eigenvalue weighted by Crippen LogP contribution is -2.45. The van der Waals surface area contributed by atoms with Crippen molar-refractivity contribution in [2.24, 2.45) is 0 Å². The number of rotatable bonds is 2. The second kappa shape index (κ2) is 4.89. The number of aromatic nitrogens is 1. The smallest absolute Gasteiger partial charge is 0.152 e. The van der Waals surface area contributed by atoms with Crippen LogP contribution in [0.15, 0.2) is 12.3 Å². The number of nitrogens with zero attached hydrogens (tertiary/aromatic N) is 2. The van der Waals surface area contributed by atoms with Crippen molar-refractivity contribution in [2.45, 2.75) is 19.4 Å². The molecule has 1 saturated heterocycles. The molecule has 0 radical (unpaired) electrons. The van der Waals surface area contributed by atoms with Crippen molar-refractivity contribution in [1.82, 2.24) is 4.98 Å². The second-order valence-corrected chi connectivity index (χ2v) is 4.33. The number of morpholine rings is 1. The second-order valence-electron chi connectivity index (χ2n) is 3.90. The van der Waals surface area contributed by atoms with Crippen LogP contribution in [-0.4, -0.2) is 30.8 Å². The van der Waals surface area contributed by atoms with E-state index >= 15 is 0 Å². The average molecular weight is 242 g/mol. The molecule has 16 heavy (non-hydrogen) atoms. The number of pyridine rings is 1. The van der Waals surface area contributed by atoms with E-state index in [2.05, 4.69) is 16.8 Å². The summed E-state index contributed by atoms with van der Waals surface area (Å²) < 4.78 is 5.45. The largest absolute Gasteiger partial charge is 0.396 e. The Bertz CT molecular complexity index is 372. The van der Waals surface area contributed by atoms with Gasteiger partial charge in [-0.05, 0) is 12.5 Å². The van der Waals surface area contributed by atoms with E-state index in [4.69, 9.17) is 22.1 Å². The quantitative estimate of drug-likeness (QED) is 0.860. The van der Waals surface area contributed by atoms with Crippen LogP contribution in [0.25, 0.3) is 0 Å². The van der Waals surface area contributed by atoms with Crippen LogP contribution in [0.4, 0.5) is 11.5 Å². The lowest BCUT2D eigenvalue weighted by atomic mass is 10.1. The molecule has 4 nitrogen and oxygen atoms in total. The first kappa shape index (κ1) is 11.5. The predicted molar refractivity (Wildman–Crippen MR) is 65.9 cm³/mol. The van der Waals surface area contributed by atoms with Crippen molar-refractivity contribution in [1.29, 1.82) is 0 Å². The van der Waals surface area contributed by atoms with Crippen LogP contribution in [0.2, 0.25) is 5.02 Å². The van der Waals surface area contributed by atoms with Crippen molar-refractivity contribution in [3.63, 3.8) is 0 Å². The highest BCUT2D eigenvalue weighted by molar-refractivity contribution is 6.30. The van der Waals surface area contributed by atoms with Crippen LogP contribution in [0.3, 0.4) is 0 Å². The standard InChI is InChI=1S/C11H16ClN3O/c1-2-9-7-16-4-3-15(9)11-10(13)5-8(12)6-14-11/h5-6,9H,2-4,7,13H2,1H3. The highest BCUT2D eigenvalue weighted by Crippen LogP contribution is 2.27. The Morgan fingerprint density at radius 2 is 2.50 bits per heavy atom. The summed E-state index contributed by atoms with van der Waals surface area (Å²) in [5.74, 6) is 0.819. The third-order valence-electron chi connectivity index (χ3n) is 2.83. The summed E-state index contributed by atoms with van der Waals surface area (Å²) >= 11 is 5.84. The lowest BCUT2D eigenvalue weighted by molar-refractivity contribution is 0.0926. The van der Waals surface area contributed by atoms with Gasteiger partial charge in [0, 0.05) is 12.7 Å². The van der Waals surface area contributed by atoms with Gasteiger partial charge in [-0.1, -0.05) is 18.5 Å². The molecule has 0 aromatic carbocycles. The van der Waals surface area contributed by atoms with E-state index in [1.165, 1.54) is 0 Å². The third kappa shape index (κ3) is 2.23. The number of halogens is 1. The third-order valence-corrected chi connectivity index (χ3v) is 3.04. The fourth-order valence-electron chi connectivity index (χ4n) is 1.96. The number of hydrogen-bond acceptors (Lipinski definition) is 4. The molecule has 0 aliphatic carbocycles. The van der Waals surface area contributed by atoms with Crippen molar-refractivity contribution in [2.75, 3.05) is 30.4 Å². The van der Waals surface area contributed by atoms with Crippen LogP contribution >= 0.6 is 11.6 Å². The normalized spacial score (nSPS) is 21.1. The first-order chi connectivity index (χ1) is 7.72. The maximum atomic E-state index is 5.94. The Morgan fingerprint density at radius 3 is 3.19 bits per heavy atom. The molecule has 1 aliphatic heterocycles. The minimum absolute atomic E-state index is 0.352. The van der Waals surface area contributed by atoms with Gasteiger partial charge in [0.05, 0.1) is 30.0 Å². The monoisotopic (exact) mass is 241 g/mol. The maximum absolute atomic E-state index is 5.94. The number of nitrogens with two attached hydrogens (primary N) is 1. The van der Waals surface area contributed by atoms with Crippen molar-refractivity contribution >= 4 is 23.1 Å². The first-order valence-corrected chi connectivity index (χ1v) is 5.85. The van der Waals surface area contributed by atoms with E-state index < -0.39 is 0 Å². The van der Waals surface area contributed by atoms with E-state index in [0.29, 0.717) is 16.8 Å². The zero-order chi connectivity index (χ0) is 11.5. The molecule has 1 atom stereocenters. The Kier molecular flexibility index (Phi) is 3.51. The molecule has 88 valence electrons. The van der Waals surface area contributed by atoms with Crippen LogP contribution in [0.5, 0.6) is 0 Å². The van der Waals surface area contributed by atoms with Gasteiger partial charge in [0.25, 0.3) is 0 Å². The Balaban J connectivity index is 2.27. The number of nitrogen functional groups attached to an aromatic ring is 1. The van der Waals surface area contributed by atoms with Crippen molar-refractivity contribution < 1.29 is 4.74 Å². The van der Waals surface area contributed by atoms with Gasteiger partial charge in [-0.15, -0.1) is 0 Å². The highest BCUT2D eigenvalue weighted by atomic mass is 35.5. The summed E-state index contributed by atoms with van der Waals surface area (Å²) in [6, 6.07) is 2.09. The molecular formula is C11H16ClN3O. The minimum atomic E-state index is 0.352. The van der Waals surface area contributed by atoms with Crippen LogP contribution < -0.4 is 10.6 Å². The number of hydrogen-bond donors (Lipinski definition) is 1. The molecule has 1 unspecified atom stereocenters. The van der Waals surface area contributed by atoms with E-state index in [1.807, 2.05) is 0 Å². The van der Waals surface area contributed by atoms with Gasteiger partial charge in [-0.25, -0.2) is 4.98 Å². The van der Waals surface area contributed by atoms with E-state index in [1.54, 1.807) is 12.3 Å². The highest BCUT2D eigenvalue weighted by Gasteiger charge is 2.24. The van der Waals surface area contributed by atoms with Crippen molar-refractivity contribution in [3.8, 4) is 0 Å².